The van der Waals surface area contributed by atoms with E-state index in [-0.39, 0.29) is 5.76 Å². The first-order valence-corrected chi connectivity index (χ1v) is 3.93. The summed E-state index contributed by atoms with van der Waals surface area (Å²) in [5.41, 5.74) is 5.36. The van der Waals surface area contributed by atoms with E-state index in [9.17, 15) is 9.90 Å². The summed E-state index contributed by atoms with van der Waals surface area (Å²) in [6.45, 7) is 0. The van der Waals surface area contributed by atoms with Crippen molar-refractivity contribution in [1.29, 1.82) is 0 Å². The predicted octanol–water partition coefficient (Wildman–Crippen LogP) is 1.72. The van der Waals surface area contributed by atoms with Crippen LogP contribution < -0.4 is 5.73 Å². The number of amides is 1. The molecule has 0 aliphatic rings. The number of carbonyl (C=O) groups is 1. The summed E-state index contributed by atoms with van der Waals surface area (Å²) in [5, 5.41) is 9.86. The monoisotopic (exact) mass is 197 g/mol. The van der Waals surface area contributed by atoms with Gasteiger partial charge in [0.15, 0.2) is 0 Å². The number of aliphatic hydroxyl groups excluding tert-OH is 1. The molecule has 0 fully saturated rings. The maximum Gasteiger partial charge on any atom is 0.245 e. The Morgan fingerprint density at radius 1 is 1.38 bits per heavy atom. The maximum atomic E-state index is 10.4. The highest BCUT2D eigenvalue weighted by atomic mass is 35.5. The predicted molar refractivity (Wildman–Crippen MR) is 51.3 cm³/mol. The third-order valence-electron chi connectivity index (χ3n) is 1.42. The van der Waals surface area contributed by atoms with Gasteiger partial charge in [0.25, 0.3) is 0 Å². The minimum absolute atomic E-state index is 0.163. The Hall–Kier alpha value is -1.48. The van der Waals surface area contributed by atoms with E-state index in [1.54, 1.807) is 24.3 Å². The topological polar surface area (TPSA) is 63.3 Å². The first-order valence-electron chi connectivity index (χ1n) is 3.55. The number of benzene rings is 1. The van der Waals surface area contributed by atoms with Crippen LogP contribution >= 0.6 is 11.6 Å². The van der Waals surface area contributed by atoms with Gasteiger partial charge in [-0.05, 0) is 24.3 Å². The van der Waals surface area contributed by atoms with Crippen molar-refractivity contribution < 1.29 is 9.90 Å². The van der Waals surface area contributed by atoms with E-state index < -0.39 is 5.91 Å². The van der Waals surface area contributed by atoms with Gasteiger partial charge in [0.2, 0.25) is 5.91 Å². The van der Waals surface area contributed by atoms with Gasteiger partial charge in [-0.15, -0.1) is 0 Å². The average Bonchev–Trinajstić information content (AvgIpc) is 2.04. The average molecular weight is 198 g/mol. The van der Waals surface area contributed by atoms with Crippen LogP contribution in [-0.4, -0.2) is 11.0 Å². The zero-order valence-corrected chi connectivity index (χ0v) is 7.45. The zero-order valence-electron chi connectivity index (χ0n) is 6.70. The second-order valence-corrected chi connectivity index (χ2v) is 2.88. The van der Waals surface area contributed by atoms with Crippen molar-refractivity contribution in [2.45, 2.75) is 0 Å². The molecule has 0 aromatic heterocycles. The van der Waals surface area contributed by atoms with Crippen molar-refractivity contribution >= 4 is 23.3 Å². The lowest BCUT2D eigenvalue weighted by molar-refractivity contribution is -0.113. The summed E-state index contributed by atoms with van der Waals surface area (Å²) in [6, 6.07) is 6.41. The maximum absolute atomic E-state index is 10.4. The van der Waals surface area contributed by atoms with Crippen molar-refractivity contribution in [2.75, 3.05) is 0 Å². The molecule has 0 spiro atoms. The zero-order chi connectivity index (χ0) is 9.84. The lowest BCUT2D eigenvalue weighted by Gasteiger charge is -1.98. The van der Waals surface area contributed by atoms with Gasteiger partial charge in [-0.2, -0.15) is 0 Å². The van der Waals surface area contributed by atoms with E-state index in [1.807, 2.05) is 0 Å². The number of hydrogen-bond acceptors (Lipinski definition) is 2. The molecule has 0 bridgehead atoms. The molecule has 1 rings (SSSR count). The van der Waals surface area contributed by atoms with Crippen molar-refractivity contribution in [2.24, 2.45) is 5.73 Å². The normalized spacial score (nSPS) is 11.3. The number of hydrogen-bond donors (Lipinski definition) is 2. The number of halogens is 1. The molecule has 0 saturated heterocycles. The fourth-order valence-corrected chi connectivity index (χ4v) is 0.965. The van der Waals surface area contributed by atoms with Crippen LogP contribution in [0.25, 0.3) is 5.76 Å². The van der Waals surface area contributed by atoms with Gasteiger partial charge >= 0.3 is 0 Å². The van der Waals surface area contributed by atoms with Gasteiger partial charge in [-0.3, -0.25) is 4.79 Å². The Morgan fingerprint density at radius 3 is 2.38 bits per heavy atom. The van der Waals surface area contributed by atoms with E-state index in [0.717, 1.165) is 6.08 Å². The van der Waals surface area contributed by atoms with Crippen LogP contribution in [0.1, 0.15) is 5.56 Å². The summed E-state index contributed by atoms with van der Waals surface area (Å²) in [7, 11) is 0. The molecular weight excluding hydrogens is 190 g/mol. The molecule has 0 radical (unpaired) electrons. The Labute approximate surface area is 80.4 Å². The van der Waals surface area contributed by atoms with Gasteiger partial charge in [-0.1, -0.05) is 11.6 Å². The Balaban J connectivity index is 2.96. The van der Waals surface area contributed by atoms with E-state index >= 15 is 0 Å². The second-order valence-electron chi connectivity index (χ2n) is 2.44. The van der Waals surface area contributed by atoms with Crippen LogP contribution in [-0.2, 0) is 4.79 Å². The number of rotatable bonds is 2. The largest absolute Gasteiger partial charge is 0.507 e. The van der Waals surface area contributed by atoms with E-state index in [4.69, 9.17) is 17.3 Å². The highest BCUT2D eigenvalue weighted by molar-refractivity contribution is 6.30. The third-order valence-corrected chi connectivity index (χ3v) is 1.67. The van der Waals surface area contributed by atoms with Crippen LogP contribution in [0.2, 0.25) is 5.02 Å². The smallest absolute Gasteiger partial charge is 0.245 e. The quantitative estimate of drug-likeness (QED) is 0.560. The summed E-state index contributed by atoms with van der Waals surface area (Å²) < 4.78 is 0. The van der Waals surface area contributed by atoms with Crippen molar-refractivity contribution in [3.63, 3.8) is 0 Å². The first kappa shape index (κ1) is 9.61. The number of carbonyl (C=O) groups excluding carboxylic acids is 1. The van der Waals surface area contributed by atoms with Crippen molar-refractivity contribution in [3.8, 4) is 0 Å². The molecule has 0 atom stereocenters. The van der Waals surface area contributed by atoms with Gasteiger partial charge in [-0.25, -0.2) is 0 Å². The van der Waals surface area contributed by atoms with Crippen LogP contribution in [0.3, 0.4) is 0 Å². The highest BCUT2D eigenvalue weighted by Crippen LogP contribution is 2.14. The van der Waals surface area contributed by atoms with E-state index in [2.05, 4.69) is 0 Å². The number of nitrogens with two attached hydrogens (primary N) is 1. The summed E-state index contributed by atoms with van der Waals surface area (Å²) in [4.78, 5) is 10.4. The molecule has 0 unspecified atom stereocenters. The molecule has 0 saturated carbocycles. The minimum atomic E-state index is -0.688. The van der Waals surface area contributed by atoms with Crippen LogP contribution in [0.4, 0.5) is 0 Å². The van der Waals surface area contributed by atoms with Crippen LogP contribution in [0.5, 0.6) is 0 Å². The molecule has 0 aliphatic carbocycles. The molecule has 0 aliphatic heterocycles. The minimum Gasteiger partial charge on any atom is -0.507 e. The SMILES string of the molecule is NC(=O)/C=C(/O)c1ccc(Cl)cc1. The van der Waals surface area contributed by atoms with Gasteiger partial charge < -0.3 is 10.8 Å². The molecule has 13 heavy (non-hydrogen) atoms. The van der Waals surface area contributed by atoms with Crippen LogP contribution in [0.15, 0.2) is 30.3 Å². The highest BCUT2D eigenvalue weighted by Gasteiger charge is 1.99. The molecular formula is C9H8ClNO2. The standard InChI is InChI=1S/C9H8ClNO2/c10-7-3-1-6(2-4-7)8(12)5-9(11)13/h1-5,12H,(H2,11,13)/b8-5+. The third kappa shape index (κ3) is 2.80. The van der Waals surface area contributed by atoms with E-state index in [0.29, 0.717) is 10.6 Å². The lowest BCUT2D eigenvalue weighted by atomic mass is 10.2. The molecule has 4 heteroatoms. The Morgan fingerprint density at radius 2 is 1.92 bits per heavy atom. The van der Waals surface area contributed by atoms with Gasteiger partial charge in [0.1, 0.15) is 5.76 Å². The first-order chi connectivity index (χ1) is 6.09. The van der Waals surface area contributed by atoms with Crippen LogP contribution in [0, 0.1) is 0 Å². The summed E-state index contributed by atoms with van der Waals surface area (Å²) in [5.74, 6) is -0.850. The molecule has 1 amide bonds. The molecule has 1 aromatic rings. The summed E-state index contributed by atoms with van der Waals surface area (Å²) in [6.07, 6.45) is 0.948. The van der Waals surface area contributed by atoms with Gasteiger partial charge in [0.05, 0.1) is 0 Å². The molecule has 68 valence electrons. The molecule has 3 N–H and O–H groups in total. The van der Waals surface area contributed by atoms with E-state index in [1.165, 1.54) is 0 Å². The lowest BCUT2D eigenvalue weighted by Crippen LogP contribution is -2.06. The number of aliphatic hydroxyl groups is 1. The Kier molecular flexibility index (Phi) is 2.93. The molecule has 3 nitrogen and oxygen atoms in total. The second kappa shape index (κ2) is 3.96. The fourth-order valence-electron chi connectivity index (χ4n) is 0.839. The van der Waals surface area contributed by atoms with Crippen molar-refractivity contribution in [3.05, 3.63) is 40.9 Å². The molecule has 0 heterocycles. The Bertz CT molecular complexity index is 343. The fraction of sp³-hybridized carbons (Fsp3) is 0. The van der Waals surface area contributed by atoms with Gasteiger partial charge in [0, 0.05) is 16.7 Å². The number of primary amides is 1. The molecule has 1 aromatic carbocycles. The van der Waals surface area contributed by atoms with Crippen molar-refractivity contribution in [1.82, 2.24) is 0 Å². The summed E-state index contributed by atoms with van der Waals surface area (Å²) >= 11 is 5.63.